The zero-order valence-electron chi connectivity index (χ0n) is 14.4. The highest BCUT2D eigenvalue weighted by atomic mass is 19.1. The van der Waals surface area contributed by atoms with Crippen LogP contribution < -0.4 is 16.0 Å². The lowest BCUT2D eigenvalue weighted by Gasteiger charge is -2.09. The van der Waals surface area contributed by atoms with E-state index in [-0.39, 0.29) is 17.3 Å². The molecule has 0 bridgehead atoms. The molecule has 0 radical (unpaired) electrons. The van der Waals surface area contributed by atoms with Crippen molar-refractivity contribution in [3.05, 3.63) is 72.4 Å². The Morgan fingerprint density at radius 2 is 1.63 bits per heavy atom. The number of anilines is 4. The van der Waals surface area contributed by atoms with E-state index in [0.717, 1.165) is 0 Å². The third kappa shape index (κ3) is 4.85. The molecule has 3 rings (SSSR count). The van der Waals surface area contributed by atoms with Crippen molar-refractivity contribution in [3.8, 4) is 0 Å². The molecule has 27 heavy (non-hydrogen) atoms. The van der Waals surface area contributed by atoms with E-state index in [1.165, 1.54) is 37.5 Å². The SMILES string of the molecule is CC(=O)Nc1ccc(Nc2cc(C(=O)Nc3ccccc3F)ncn2)cc1. The Hall–Kier alpha value is -3.81. The van der Waals surface area contributed by atoms with Gasteiger partial charge in [0, 0.05) is 24.4 Å². The molecule has 0 aliphatic rings. The second kappa shape index (κ2) is 8.05. The summed E-state index contributed by atoms with van der Waals surface area (Å²) in [5, 5.41) is 8.18. The number of para-hydroxylation sites is 1. The highest BCUT2D eigenvalue weighted by Gasteiger charge is 2.11. The van der Waals surface area contributed by atoms with Crippen molar-refractivity contribution in [2.45, 2.75) is 6.92 Å². The van der Waals surface area contributed by atoms with Gasteiger partial charge in [0.25, 0.3) is 5.91 Å². The van der Waals surface area contributed by atoms with Crippen molar-refractivity contribution in [2.75, 3.05) is 16.0 Å². The number of benzene rings is 2. The third-order valence-electron chi connectivity index (χ3n) is 3.50. The predicted molar refractivity (Wildman–Crippen MR) is 100 cm³/mol. The first-order valence-corrected chi connectivity index (χ1v) is 8.04. The topological polar surface area (TPSA) is 96.0 Å². The van der Waals surface area contributed by atoms with Crippen LogP contribution in [-0.4, -0.2) is 21.8 Å². The van der Waals surface area contributed by atoms with Gasteiger partial charge in [-0.05, 0) is 36.4 Å². The number of carbonyl (C=O) groups is 2. The van der Waals surface area contributed by atoms with Gasteiger partial charge in [-0.25, -0.2) is 14.4 Å². The summed E-state index contributed by atoms with van der Waals surface area (Å²) in [4.78, 5) is 31.3. The molecule has 0 atom stereocenters. The molecule has 0 saturated heterocycles. The van der Waals surface area contributed by atoms with Crippen LogP contribution in [0.5, 0.6) is 0 Å². The van der Waals surface area contributed by atoms with Gasteiger partial charge in [0.15, 0.2) is 0 Å². The number of nitrogens with one attached hydrogen (secondary N) is 3. The van der Waals surface area contributed by atoms with Gasteiger partial charge in [0.05, 0.1) is 5.69 Å². The van der Waals surface area contributed by atoms with Crippen molar-refractivity contribution in [1.29, 1.82) is 0 Å². The molecule has 0 aliphatic heterocycles. The summed E-state index contributed by atoms with van der Waals surface area (Å²) in [6.45, 7) is 1.43. The first-order chi connectivity index (χ1) is 13.0. The number of aromatic nitrogens is 2. The van der Waals surface area contributed by atoms with Crippen LogP contribution in [0.1, 0.15) is 17.4 Å². The first kappa shape index (κ1) is 18.0. The van der Waals surface area contributed by atoms with E-state index in [9.17, 15) is 14.0 Å². The van der Waals surface area contributed by atoms with Crippen molar-refractivity contribution < 1.29 is 14.0 Å². The largest absolute Gasteiger partial charge is 0.340 e. The summed E-state index contributed by atoms with van der Waals surface area (Å²) in [5.41, 5.74) is 1.54. The maximum atomic E-state index is 13.7. The Balaban J connectivity index is 1.70. The van der Waals surface area contributed by atoms with Gasteiger partial charge in [-0.1, -0.05) is 12.1 Å². The van der Waals surface area contributed by atoms with Gasteiger partial charge in [0.1, 0.15) is 23.7 Å². The average molecular weight is 365 g/mol. The first-order valence-electron chi connectivity index (χ1n) is 8.04. The molecule has 3 N–H and O–H groups in total. The van der Waals surface area contributed by atoms with Crippen molar-refractivity contribution in [3.63, 3.8) is 0 Å². The molecule has 0 saturated carbocycles. The van der Waals surface area contributed by atoms with Crippen LogP contribution in [0, 0.1) is 5.82 Å². The van der Waals surface area contributed by atoms with Crippen LogP contribution in [0.2, 0.25) is 0 Å². The summed E-state index contributed by atoms with van der Waals surface area (Å²) < 4.78 is 13.7. The van der Waals surface area contributed by atoms with E-state index in [0.29, 0.717) is 17.2 Å². The monoisotopic (exact) mass is 365 g/mol. The molecular formula is C19H16FN5O2. The van der Waals surface area contributed by atoms with Crippen LogP contribution in [-0.2, 0) is 4.79 Å². The molecule has 0 fully saturated rings. The third-order valence-corrected chi connectivity index (χ3v) is 3.50. The van der Waals surface area contributed by atoms with Crippen LogP contribution in [0.25, 0.3) is 0 Å². The summed E-state index contributed by atoms with van der Waals surface area (Å²) in [5.74, 6) is -0.836. The fourth-order valence-electron chi connectivity index (χ4n) is 2.29. The Bertz CT molecular complexity index is 976. The number of nitrogens with zero attached hydrogens (tertiary/aromatic N) is 2. The van der Waals surface area contributed by atoms with Crippen LogP contribution in [0.15, 0.2) is 60.9 Å². The molecule has 2 amide bonds. The molecule has 136 valence electrons. The highest BCUT2D eigenvalue weighted by Crippen LogP contribution is 2.18. The summed E-state index contributed by atoms with van der Waals surface area (Å²) in [6, 6.07) is 14.3. The van der Waals surface area contributed by atoms with Gasteiger partial charge < -0.3 is 16.0 Å². The van der Waals surface area contributed by atoms with Gasteiger partial charge in [-0.2, -0.15) is 0 Å². The lowest BCUT2D eigenvalue weighted by molar-refractivity contribution is -0.114. The molecule has 2 aromatic carbocycles. The molecule has 0 unspecified atom stereocenters. The minimum Gasteiger partial charge on any atom is -0.340 e. The zero-order chi connectivity index (χ0) is 19.2. The molecule has 3 aromatic rings. The molecule has 8 heteroatoms. The molecule has 7 nitrogen and oxygen atoms in total. The average Bonchev–Trinajstić information content (AvgIpc) is 2.65. The van der Waals surface area contributed by atoms with E-state index < -0.39 is 11.7 Å². The fourth-order valence-corrected chi connectivity index (χ4v) is 2.29. The fraction of sp³-hybridized carbons (Fsp3) is 0.0526. The highest BCUT2D eigenvalue weighted by molar-refractivity contribution is 6.03. The molecule has 1 aromatic heterocycles. The van der Waals surface area contributed by atoms with E-state index in [2.05, 4.69) is 25.9 Å². The zero-order valence-corrected chi connectivity index (χ0v) is 14.4. The van der Waals surface area contributed by atoms with E-state index >= 15 is 0 Å². The lowest BCUT2D eigenvalue weighted by Crippen LogP contribution is -2.15. The Kier molecular flexibility index (Phi) is 5.36. The maximum absolute atomic E-state index is 13.7. The Morgan fingerprint density at radius 1 is 0.926 bits per heavy atom. The standard InChI is InChI=1S/C19H16FN5O2/c1-12(26)23-13-6-8-14(9-7-13)24-18-10-17(21-11-22-18)19(27)25-16-5-3-2-4-15(16)20/h2-11H,1H3,(H,23,26)(H,25,27)(H,21,22,24). The van der Waals surface area contributed by atoms with Gasteiger partial charge in [-0.3, -0.25) is 9.59 Å². The number of hydrogen-bond donors (Lipinski definition) is 3. The predicted octanol–water partition coefficient (Wildman–Crippen LogP) is 3.57. The number of amides is 2. The molecule has 0 aliphatic carbocycles. The van der Waals surface area contributed by atoms with Crippen LogP contribution in [0.4, 0.5) is 27.3 Å². The normalized spacial score (nSPS) is 10.1. The Morgan fingerprint density at radius 3 is 2.33 bits per heavy atom. The second-order valence-electron chi connectivity index (χ2n) is 5.61. The molecule has 0 spiro atoms. The maximum Gasteiger partial charge on any atom is 0.274 e. The van der Waals surface area contributed by atoms with Gasteiger partial charge >= 0.3 is 0 Å². The Labute approximate surface area is 154 Å². The van der Waals surface area contributed by atoms with E-state index in [4.69, 9.17) is 0 Å². The lowest BCUT2D eigenvalue weighted by atomic mass is 10.2. The van der Waals surface area contributed by atoms with Crippen molar-refractivity contribution in [2.24, 2.45) is 0 Å². The van der Waals surface area contributed by atoms with Gasteiger partial charge in [0.2, 0.25) is 5.91 Å². The number of carbonyl (C=O) groups excluding carboxylic acids is 2. The summed E-state index contributed by atoms with van der Waals surface area (Å²) in [7, 11) is 0. The number of halogens is 1. The summed E-state index contributed by atoms with van der Waals surface area (Å²) >= 11 is 0. The summed E-state index contributed by atoms with van der Waals surface area (Å²) in [6.07, 6.45) is 1.24. The number of hydrogen-bond acceptors (Lipinski definition) is 5. The van der Waals surface area contributed by atoms with Gasteiger partial charge in [-0.15, -0.1) is 0 Å². The van der Waals surface area contributed by atoms with Crippen LogP contribution >= 0.6 is 0 Å². The van der Waals surface area contributed by atoms with Crippen molar-refractivity contribution >= 4 is 34.7 Å². The molecule has 1 heterocycles. The number of rotatable bonds is 5. The van der Waals surface area contributed by atoms with Crippen LogP contribution in [0.3, 0.4) is 0 Å². The quantitative estimate of drug-likeness (QED) is 0.642. The van der Waals surface area contributed by atoms with E-state index in [1.54, 1.807) is 30.3 Å². The minimum atomic E-state index is -0.549. The minimum absolute atomic E-state index is 0.0733. The second-order valence-corrected chi connectivity index (χ2v) is 5.61. The van der Waals surface area contributed by atoms with Crippen molar-refractivity contribution in [1.82, 2.24) is 9.97 Å². The smallest absolute Gasteiger partial charge is 0.274 e. The molecular weight excluding hydrogens is 349 g/mol. The van der Waals surface area contributed by atoms with E-state index in [1.807, 2.05) is 0 Å².